The predicted octanol–water partition coefficient (Wildman–Crippen LogP) is 5.82. The van der Waals surface area contributed by atoms with Gasteiger partial charge in [0.1, 0.15) is 10.6 Å². The summed E-state index contributed by atoms with van der Waals surface area (Å²) < 4.78 is 6.96. The predicted molar refractivity (Wildman–Crippen MR) is 125 cm³/mol. The van der Waals surface area contributed by atoms with E-state index in [1.54, 1.807) is 10.6 Å². The van der Waals surface area contributed by atoms with Crippen LogP contribution in [0.1, 0.15) is 28.1 Å². The number of nitrogens with zero attached hydrogens (tertiary/aromatic N) is 3. The van der Waals surface area contributed by atoms with Gasteiger partial charge in [0.25, 0.3) is 5.56 Å². The molecule has 5 nitrogen and oxygen atoms in total. The maximum absolute atomic E-state index is 13.5. The first-order valence-corrected chi connectivity index (χ1v) is 11.5. The lowest BCUT2D eigenvalue weighted by molar-refractivity contribution is 0.392. The van der Waals surface area contributed by atoms with Crippen molar-refractivity contribution in [3.8, 4) is 11.1 Å². The number of fused-ring (bicyclic) bond motifs is 1. The topological polar surface area (TPSA) is 60.9 Å². The van der Waals surface area contributed by atoms with Gasteiger partial charge in [0.2, 0.25) is 0 Å². The maximum Gasteiger partial charge on any atom is 0.263 e. The van der Waals surface area contributed by atoms with Gasteiger partial charge in [-0.3, -0.25) is 9.36 Å². The summed E-state index contributed by atoms with van der Waals surface area (Å²) in [5.41, 5.74) is 6.31. The van der Waals surface area contributed by atoms with Crippen molar-refractivity contribution in [2.45, 2.75) is 45.1 Å². The molecule has 0 unspecified atom stereocenters. The highest BCUT2D eigenvalue weighted by Gasteiger charge is 2.18. The molecule has 4 rings (SSSR count). The summed E-state index contributed by atoms with van der Waals surface area (Å²) >= 11 is 3.03. The van der Waals surface area contributed by atoms with E-state index in [-0.39, 0.29) is 5.56 Å². The SMILES string of the molecule is C=CCn1c(SCc2c(C)noc2C)nc2scc(-c3ccc(C)c(C)c3)c2c1=O. The van der Waals surface area contributed by atoms with Gasteiger partial charge in [0, 0.05) is 28.8 Å². The van der Waals surface area contributed by atoms with Crippen LogP contribution in [-0.4, -0.2) is 14.7 Å². The molecule has 0 aliphatic heterocycles. The fraction of sp³-hybridized carbons (Fsp3) is 0.261. The molecular formula is C23H23N3O2S2. The molecule has 0 saturated carbocycles. The third kappa shape index (κ3) is 3.63. The first kappa shape index (κ1) is 20.6. The smallest absolute Gasteiger partial charge is 0.263 e. The van der Waals surface area contributed by atoms with Crippen molar-refractivity contribution < 1.29 is 4.52 Å². The molecule has 0 saturated heterocycles. The minimum Gasteiger partial charge on any atom is -0.361 e. The molecule has 0 spiro atoms. The van der Waals surface area contributed by atoms with Gasteiger partial charge in [0.15, 0.2) is 5.16 Å². The first-order chi connectivity index (χ1) is 14.4. The molecule has 1 aromatic carbocycles. The number of aromatic nitrogens is 3. The van der Waals surface area contributed by atoms with Crippen LogP contribution in [0.2, 0.25) is 0 Å². The van der Waals surface area contributed by atoms with Gasteiger partial charge in [-0.05, 0) is 44.4 Å². The Morgan fingerprint density at radius 3 is 2.70 bits per heavy atom. The van der Waals surface area contributed by atoms with E-state index in [0.29, 0.717) is 22.8 Å². The molecule has 0 fully saturated rings. The Balaban J connectivity index is 1.81. The summed E-state index contributed by atoms with van der Waals surface area (Å²) in [5, 5.41) is 7.40. The lowest BCUT2D eigenvalue weighted by Crippen LogP contribution is -2.22. The summed E-state index contributed by atoms with van der Waals surface area (Å²) in [7, 11) is 0. The third-order valence-electron chi connectivity index (χ3n) is 5.32. The summed E-state index contributed by atoms with van der Waals surface area (Å²) in [6.07, 6.45) is 1.73. The van der Waals surface area contributed by atoms with E-state index in [1.165, 1.54) is 34.2 Å². The van der Waals surface area contributed by atoms with Crippen molar-refractivity contribution in [3.63, 3.8) is 0 Å². The molecule has 154 valence electrons. The van der Waals surface area contributed by atoms with Crippen molar-refractivity contribution in [1.82, 2.24) is 14.7 Å². The number of allylic oxidation sites excluding steroid dienone is 1. The van der Waals surface area contributed by atoms with Crippen LogP contribution in [0.3, 0.4) is 0 Å². The maximum atomic E-state index is 13.5. The number of hydrogen-bond donors (Lipinski definition) is 0. The van der Waals surface area contributed by atoms with Gasteiger partial charge in [-0.25, -0.2) is 4.98 Å². The minimum absolute atomic E-state index is 0.0318. The number of rotatable bonds is 6. The molecule has 0 radical (unpaired) electrons. The van der Waals surface area contributed by atoms with Crippen LogP contribution in [0.15, 0.2) is 50.7 Å². The highest BCUT2D eigenvalue weighted by Crippen LogP contribution is 2.34. The Kier molecular flexibility index (Phi) is 5.66. The molecule has 3 heterocycles. The Morgan fingerprint density at radius 2 is 2.03 bits per heavy atom. The fourth-order valence-electron chi connectivity index (χ4n) is 3.37. The highest BCUT2D eigenvalue weighted by atomic mass is 32.2. The van der Waals surface area contributed by atoms with Crippen LogP contribution >= 0.6 is 23.1 Å². The zero-order valence-corrected chi connectivity index (χ0v) is 19.1. The summed E-state index contributed by atoms with van der Waals surface area (Å²) in [4.78, 5) is 19.1. The second-order valence-electron chi connectivity index (χ2n) is 7.32. The Hall–Kier alpha value is -2.64. The quantitative estimate of drug-likeness (QED) is 0.216. The zero-order chi connectivity index (χ0) is 21.4. The average molecular weight is 438 g/mol. The lowest BCUT2D eigenvalue weighted by atomic mass is 10.0. The fourth-order valence-corrected chi connectivity index (χ4v) is 5.52. The van der Waals surface area contributed by atoms with E-state index >= 15 is 0 Å². The third-order valence-corrected chi connectivity index (χ3v) is 7.19. The van der Waals surface area contributed by atoms with Gasteiger partial charge < -0.3 is 4.52 Å². The zero-order valence-electron chi connectivity index (χ0n) is 17.5. The summed E-state index contributed by atoms with van der Waals surface area (Å²) in [5.74, 6) is 1.44. The van der Waals surface area contributed by atoms with Crippen LogP contribution in [0, 0.1) is 27.7 Å². The molecule has 0 N–H and O–H groups in total. The van der Waals surface area contributed by atoms with E-state index in [2.05, 4.69) is 43.8 Å². The number of thiophene rings is 1. The number of hydrogen-bond acceptors (Lipinski definition) is 6. The Bertz CT molecular complexity index is 1290. The van der Waals surface area contributed by atoms with Crippen LogP contribution in [0.4, 0.5) is 0 Å². The molecule has 0 aliphatic carbocycles. The molecule has 0 aliphatic rings. The van der Waals surface area contributed by atoms with Crippen LogP contribution < -0.4 is 5.56 Å². The molecule has 0 bridgehead atoms. The van der Waals surface area contributed by atoms with Crippen molar-refractivity contribution in [3.05, 3.63) is 74.7 Å². The molecule has 3 aromatic heterocycles. The standard InChI is InChI=1S/C23H23N3O2S2/c1-6-9-26-22(27)20-19(17-8-7-13(2)14(3)10-17)12-29-21(20)24-23(26)30-11-18-15(4)25-28-16(18)5/h6-8,10,12H,1,9,11H2,2-5H3. The van der Waals surface area contributed by atoms with E-state index in [0.717, 1.165) is 33.0 Å². The van der Waals surface area contributed by atoms with Gasteiger partial charge in [-0.15, -0.1) is 17.9 Å². The highest BCUT2D eigenvalue weighted by molar-refractivity contribution is 7.98. The van der Waals surface area contributed by atoms with Crippen molar-refractivity contribution in [2.24, 2.45) is 0 Å². The summed E-state index contributed by atoms with van der Waals surface area (Å²) in [6.45, 7) is 12.2. The Labute approximate surface area is 183 Å². The molecule has 0 atom stereocenters. The van der Waals surface area contributed by atoms with E-state index in [9.17, 15) is 4.79 Å². The largest absolute Gasteiger partial charge is 0.361 e. The number of aryl methyl sites for hydroxylation is 4. The second kappa shape index (κ2) is 8.24. The van der Waals surface area contributed by atoms with E-state index < -0.39 is 0 Å². The van der Waals surface area contributed by atoms with Crippen LogP contribution in [0.5, 0.6) is 0 Å². The van der Waals surface area contributed by atoms with Crippen LogP contribution in [0.25, 0.3) is 21.3 Å². The van der Waals surface area contributed by atoms with Gasteiger partial charge in [-0.1, -0.05) is 41.2 Å². The molecule has 30 heavy (non-hydrogen) atoms. The average Bonchev–Trinajstić information content (AvgIpc) is 3.28. The Morgan fingerprint density at radius 1 is 1.23 bits per heavy atom. The van der Waals surface area contributed by atoms with Crippen molar-refractivity contribution in [1.29, 1.82) is 0 Å². The van der Waals surface area contributed by atoms with Gasteiger partial charge in [-0.2, -0.15) is 0 Å². The van der Waals surface area contributed by atoms with Crippen molar-refractivity contribution >= 4 is 33.3 Å². The van der Waals surface area contributed by atoms with E-state index in [1.807, 2.05) is 19.2 Å². The minimum atomic E-state index is -0.0318. The number of thioether (sulfide) groups is 1. The monoisotopic (exact) mass is 437 g/mol. The molecule has 4 aromatic rings. The molecular weight excluding hydrogens is 414 g/mol. The normalized spacial score (nSPS) is 11.3. The number of benzene rings is 1. The molecule has 0 amide bonds. The van der Waals surface area contributed by atoms with Crippen LogP contribution in [-0.2, 0) is 12.3 Å². The molecule has 7 heteroatoms. The van der Waals surface area contributed by atoms with Crippen molar-refractivity contribution in [2.75, 3.05) is 0 Å². The van der Waals surface area contributed by atoms with Gasteiger partial charge in [0.05, 0.1) is 11.1 Å². The summed E-state index contributed by atoms with van der Waals surface area (Å²) in [6, 6.07) is 6.30. The van der Waals surface area contributed by atoms with Gasteiger partial charge >= 0.3 is 0 Å². The lowest BCUT2D eigenvalue weighted by Gasteiger charge is -2.11. The van der Waals surface area contributed by atoms with E-state index in [4.69, 9.17) is 9.51 Å². The second-order valence-corrected chi connectivity index (χ2v) is 9.12. The first-order valence-electron chi connectivity index (χ1n) is 9.65.